The van der Waals surface area contributed by atoms with Gasteiger partial charge in [0.15, 0.2) is 0 Å². The first-order valence-electron chi connectivity index (χ1n) is 6.24. The van der Waals surface area contributed by atoms with E-state index in [2.05, 4.69) is 10.5 Å². The second kappa shape index (κ2) is 4.73. The smallest absolute Gasteiger partial charge is 0.134 e. The van der Waals surface area contributed by atoms with E-state index in [0.717, 1.165) is 11.3 Å². The fourth-order valence-corrected chi connectivity index (χ4v) is 2.30. The van der Waals surface area contributed by atoms with Crippen molar-refractivity contribution < 1.29 is 8.81 Å². The number of hydrogen-bond acceptors (Lipinski definition) is 4. The predicted molar refractivity (Wildman–Crippen MR) is 73.3 cm³/mol. The van der Waals surface area contributed by atoms with Crippen molar-refractivity contribution in [1.82, 2.24) is 15.2 Å². The van der Waals surface area contributed by atoms with Gasteiger partial charge in [0.2, 0.25) is 0 Å². The van der Waals surface area contributed by atoms with E-state index in [-0.39, 0.29) is 11.9 Å². The number of nitrogens with zero attached hydrogens (tertiary/aromatic N) is 2. The van der Waals surface area contributed by atoms with Crippen LogP contribution in [0.15, 0.2) is 34.9 Å². The molecule has 3 aromatic rings. The Balaban J connectivity index is 2.09. The van der Waals surface area contributed by atoms with Gasteiger partial charge in [0.25, 0.3) is 0 Å². The van der Waals surface area contributed by atoms with Crippen LogP contribution in [0.5, 0.6) is 0 Å². The third-order valence-corrected chi connectivity index (χ3v) is 3.53. The lowest BCUT2D eigenvalue weighted by Crippen LogP contribution is -2.28. The molecule has 1 atom stereocenters. The molecule has 104 valence electrons. The van der Waals surface area contributed by atoms with Gasteiger partial charge in [-0.05, 0) is 31.2 Å². The number of benzene rings is 1. The minimum Gasteiger partial charge on any atom is -0.459 e. The summed E-state index contributed by atoms with van der Waals surface area (Å²) < 4.78 is 20.7. The monoisotopic (exact) mass is 274 g/mol. The molecule has 0 amide bonds. The van der Waals surface area contributed by atoms with Gasteiger partial charge < -0.3 is 4.42 Å². The molecule has 5 nitrogen and oxygen atoms in total. The summed E-state index contributed by atoms with van der Waals surface area (Å²) in [7, 11) is 1.86. The molecule has 0 saturated heterocycles. The van der Waals surface area contributed by atoms with Gasteiger partial charge in [0.05, 0.1) is 6.20 Å². The first-order chi connectivity index (χ1) is 9.60. The lowest BCUT2D eigenvalue weighted by Gasteiger charge is -2.12. The van der Waals surface area contributed by atoms with Crippen LogP contribution in [0.4, 0.5) is 4.39 Å². The molecular weight excluding hydrogens is 259 g/mol. The summed E-state index contributed by atoms with van der Waals surface area (Å²) in [6.07, 6.45) is 1.74. The molecule has 2 heterocycles. The number of hydrazine groups is 1. The Morgan fingerprint density at radius 3 is 2.85 bits per heavy atom. The van der Waals surface area contributed by atoms with Crippen molar-refractivity contribution in [3.05, 3.63) is 53.3 Å². The zero-order chi connectivity index (χ0) is 14.3. The van der Waals surface area contributed by atoms with Crippen LogP contribution >= 0.6 is 0 Å². The Bertz CT molecular complexity index is 762. The molecule has 20 heavy (non-hydrogen) atoms. The summed E-state index contributed by atoms with van der Waals surface area (Å²) in [5.74, 6) is 5.98. The van der Waals surface area contributed by atoms with E-state index in [1.807, 2.05) is 14.0 Å². The second-order valence-electron chi connectivity index (χ2n) is 4.74. The van der Waals surface area contributed by atoms with Gasteiger partial charge in [-0.2, -0.15) is 5.10 Å². The van der Waals surface area contributed by atoms with E-state index in [1.54, 1.807) is 23.0 Å². The maximum Gasteiger partial charge on any atom is 0.134 e. The summed E-state index contributed by atoms with van der Waals surface area (Å²) >= 11 is 0. The Kier molecular flexibility index (Phi) is 3.04. The quantitative estimate of drug-likeness (QED) is 0.567. The van der Waals surface area contributed by atoms with Crippen molar-refractivity contribution in [2.45, 2.75) is 13.0 Å². The molecule has 0 fully saturated rings. The lowest BCUT2D eigenvalue weighted by atomic mass is 10.1. The molecule has 0 radical (unpaired) electrons. The van der Waals surface area contributed by atoms with Crippen LogP contribution in [0.25, 0.3) is 11.0 Å². The van der Waals surface area contributed by atoms with Gasteiger partial charge in [-0.25, -0.2) is 9.82 Å². The number of nitrogens with one attached hydrogen (secondary N) is 1. The summed E-state index contributed by atoms with van der Waals surface area (Å²) in [4.78, 5) is 0. The van der Waals surface area contributed by atoms with E-state index in [4.69, 9.17) is 10.3 Å². The highest BCUT2D eigenvalue weighted by atomic mass is 19.1. The zero-order valence-electron chi connectivity index (χ0n) is 11.2. The van der Waals surface area contributed by atoms with Crippen LogP contribution < -0.4 is 11.3 Å². The minimum absolute atomic E-state index is 0.292. The lowest BCUT2D eigenvalue weighted by molar-refractivity contribution is 0.475. The highest BCUT2D eigenvalue weighted by Gasteiger charge is 2.21. The molecule has 6 heteroatoms. The standard InChI is InChI=1S/C14H15FN4O/c1-8-11(7-17-19(8)2)14(18-16)13-6-9-5-10(15)3-4-12(9)20-13/h3-7,14,18H,16H2,1-2H3. The molecule has 3 N–H and O–H groups in total. The van der Waals surface area contributed by atoms with E-state index >= 15 is 0 Å². The van der Waals surface area contributed by atoms with Crippen LogP contribution in [0.1, 0.15) is 23.1 Å². The van der Waals surface area contributed by atoms with Crippen molar-refractivity contribution >= 4 is 11.0 Å². The maximum atomic E-state index is 13.2. The van der Waals surface area contributed by atoms with Crippen LogP contribution in [0, 0.1) is 12.7 Å². The molecule has 3 rings (SSSR count). The number of aryl methyl sites for hydroxylation is 1. The van der Waals surface area contributed by atoms with Gasteiger partial charge in [0, 0.05) is 23.7 Å². The summed E-state index contributed by atoms with van der Waals surface area (Å²) in [6.45, 7) is 1.95. The Labute approximate surface area is 115 Å². The average Bonchev–Trinajstić information content (AvgIpc) is 2.97. The Morgan fingerprint density at radius 1 is 1.40 bits per heavy atom. The molecule has 0 saturated carbocycles. The van der Waals surface area contributed by atoms with Crippen LogP contribution in [-0.4, -0.2) is 9.78 Å². The minimum atomic E-state index is -0.320. The number of hydrogen-bond donors (Lipinski definition) is 2. The first kappa shape index (κ1) is 12.8. The number of halogens is 1. The number of fused-ring (bicyclic) bond motifs is 1. The topological polar surface area (TPSA) is 69.0 Å². The predicted octanol–water partition coefficient (Wildman–Crippen LogP) is 2.17. The molecular formula is C14H15FN4O. The molecule has 1 aromatic carbocycles. The zero-order valence-corrected chi connectivity index (χ0v) is 11.2. The Morgan fingerprint density at radius 2 is 2.20 bits per heavy atom. The van der Waals surface area contributed by atoms with Crippen LogP contribution in [0.3, 0.4) is 0 Å². The molecule has 2 aromatic heterocycles. The van der Waals surface area contributed by atoms with Crippen molar-refractivity contribution in [2.75, 3.05) is 0 Å². The van der Waals surface area contributed by atoms with E-state index in [1.165, 1.54) is 12.1 Å². The van der Waals surface area contributed by atoms with E-state index < -0.39 is 0 Å². The molecule has 0 aliphatic carbocycles. The van der Waals surface area contributed by atoms with Crippen molar-refractivity contribution in [2.24, 2.45) is 12.9 Å². The van der Waals surface area contributed by atoms with Crippen molar-refractivity contribution in [1.29, 1.82) is 0 Å². The third-order valence-electron chi connectivity index (χ3n) is 3.53. The van der Waals surface area contributed by atoms with E-state index in [0.29, 0.717) is 16.7 Å². The summed E-state index contributed by atoms with van der Waals surface area (Å²) in [5.41, 5.74) is 5.26. The maximum absolute atomic E-state index is 13.2. The summed E-state index contributed by atoms with van der Waals surface area (Å²) in [6, 6.07) is 5.88. The molecule has 1 unspecified atom stereocenters. The molecule has 0 aliphatic rings. The van der Waals surface area contributed by atoms with E-state index in [9.17, 15) is 4.39 Å². The number of furan rings is 1. The highest BCUT2D eigenvalue weighted by Crippen LogP contribution is 2.29. The van der Waals surface area contributed by atoms with Crippen LogP contribution in [0.2, 0.25) is 0 Å². The van der Waals surface area contributed by atoms with Gasteiger partial charge in [-0.3, -0.25) is 10.5 Å². The van der Waals surface area contributed by atoms with Gasteiger partial charge in [0.1, 0.15) is 23.2 Å². The highest BCUT2D eigenvalue weighted by molar-refractivity contribution is 5.78. The summed E-state index contributed by atoms with van der Waals surface area (Å²) in [5, 5.41) is 4.91. The first-order valence-corrected chi connectivity index (χ1v) is 6.24. The van der Waals surface area contributed by atoms with Crippen LogP contribution in [-0.2, 0) is 7.05 Å². The SMILES string of the molecule is Cc1c(C(NN)c2cc3cc(F)ccc3o2)cnn1C. The molecule has 0 spiro atoms. The molecule has 0 aliphatic heterocycles. The third kappa shape index (κ3) is 1.99. The van der Waals surface area contributed by atoms with Gasteiger partial charge >= 0.3 is 0 Å². The van der Waals surface area contributed by atoms with Gasteiger partial charge in [-0.1, -0.05) is 0 Å². The average molecular weight is 274 g/mol. The van der Waals surface area contributed by atoms with Gasteiger partial charge in [-0.15, -0.1) is 0 Å². The number of rotatable bonds is 3. The van der Waals surface area contributed by atoms with Crippen molar-refractivity contribution in [3.63, 3.8) is 0 Å². The fourth-order valence-electron chi connectivity index (χ4n) is 2.30. The molecule has 0 bridgehead atoms. The Hall–Kier alpha value is -2.18. The normalized spacial score (nSPS) is 13.0. The second-order valence-corrected chi connectivity index (χ2v) is 4.74. The fraction of sp³-hybridized carbons (Fsp3) is 0.214. The number of nitrogens with two attached hydrogens (primary N) is 1. The number of aromatic nitrogens is 2. The van der Waals surface area contributed by atoms with Crippen molar-refractivity contribution in [3.8, 4) is 0 Å². The largest absolute Gasteiger partial charge is 0.459 e.